The van der Waals surface area contributed by atoms with Crippen LogP contribution in [0.2, 0.25) is 0 Å². The molecule has 0 amide bonds. The van der Waals surface area contributed by atoms with Crippen molar-refractivity contribution in [3.05, 3.63) is 95.8 Å². The number of rotatable bonds is 9. The molecule has 0 unspecified atom stereocenters. The minimum Gasteiger partial charge on any atom is -0.260 e. The number of nitrogens with zero attached hydrogens (tertiary/aromatic N) is 7. The molecule has 0 spiro atoms. The molecule has 3 aromatic heterocycles. The Morgan fingerprint density at radius 2 is 1.71 bits per heavy atom. The van der Waals surface area contributed by atoms with Gasteiger partial charge in [-0.3, -0.25) is 4.98 Å². The zero-order valence-corrected chi connectivity index (χ0v) is 19.1. The zero-order valence-electron chi connectivity index (χ0n) is 19.1. The normalized spacial score (nSPS) is 11.1. The Kier molecular flexibility index (Phi) is 6.47. The first kappa shape index (κ1) is 21.6. The summed E-state index contributed by atoms with van der Waals surface area (Å²) in [6.45, 7) is 3.01. The van der Waals surface area contributed by atoms with E-state index in [-0.39, 0.29) is 0 Å². The van der Waals surface area contributed by atoms with Crippen LogP contribution in [0, 0.1) is 0 Å². The number of aryl methyl sites for hydroxylation is 3. The molecular formula is C26H26N8. The zero-order chi connectivity index (χ0) is 23.2. The van der Waals surface area contributed by atoms with Crippen molar-refractivity contribution in [3.8, 4) is 22.5 Å². The predicted octanol–water partition coefficient (Wildman–Crippen LogP) is 4.31. The van der Waals surface area contributed by atoms with Crippen molar-refractivity contribution in [3.63, 3.8) is 0 Å². The average molecular weight is 451 g/mol. The van der Waals surface area contributed by atoms with E-state index in [1.165, 1.54) is 5.56 Å². The van der Waals surface area contributed by atoms with Crippen molar-refractivity contribution in [2.45, 2.75) is 39.2 Å². The fourth-order valence-corrected chi connectivity index (χ4v) is 4.02. The molecule has 5 aromatic rings. The molecule has 0 aliphatic heterocycles. The molecule has 3 heterocycles. The van der Waals surface area contributed by atoms with Gasteiger partial charge in [-0.05, 0) is 40.5 Å². The summed E-state index contributed by atoms with van der Waals surface area (Å²) in [6.07, 6.45) is 5.31. The highest BCUT2D eigenvalue weighted by molar-refractivity contribution is 5.79. The third kappa shape index (κ3) is 4.91. The highest BCUT2D eigenvalue weighted by Gasteiger charge is 2.13. The van der Waals surface area contributed by atoms with E-state index in [9.17, 15) is 0 Å². The summed E-state index contributed by atoms with van der Waals surface area (Å²) in [4.78, 5) is 9.59. The largest absolute Gasteiger partial charge is 0.260 e. The lowest BCUT2D eigenvalue weighted by atomic mass is 10.0. The Bertz CT molecular complexity index is 1330. The van der Waals surface area contributed by atoms with Gasteiger partial charge >= 0.3 is 0 Å². The molecule has 0 aliphatic rings. The minimum atomic E-state index is 0.635. The fourth-order valence-electron chi connectivity index (χ4n) is 4.02. The van der Waals surface area contributed by atoms with Crippen LogP contribution in [-0.4, -0.2) is 40.4 Å². The van der Waals surface area contributed by atoms with Gasteiger partial charge < -0.3 is 0 Å². The summed E-state index contributed by atoms with van der Waals surface area (Å²) in [5, 5.41) is 19.1. The summed E-state index contributed by atoms with van der Waals surface area (Å²) in [7, 11) is 0. The van der Waals surface area contributed by atoms with Crippen LogP contribution < -0.4 is 0 Å². The summed E-state index contributed by atoms with van der Waals surface area (Å²) in [5.74, 6) is 2.48. The summed E-state index contributed by atoms with van der Waals surface area (Å²) >= 11 is 0. The van der Waals surface area contributed by atoms with E-state index in [0.717, 1.165) is 59.8 Å². The molecule has 170 valence electrons. The molecule has 8 heteroatoms. The Morgan fingerprint density at radius 1 is 0.882 bits per heavy atom. The second-order valence-corrected chi connectivity index (χ2v) is 8.16. The maximum absolute atomic E-state index is 4.85. The average Bonchev–Trinajstić information content (AvgIpc) is 3.55. The number of benzene rings is 2. The first-order valence-electron chi connectivity index (χ1n) is 11.5. The van der Waals surface area contributed by atoms with E-state index in [4.69, 9.17) is 15.1 Å². The third-order valence-corrected chi connectivity index (χ3v) is 5.71. The number of aromatic nitrogens is 8. The van der Waals surface area contributed by atoms with Gasteiger partial charge in [0.1, 0.15) is 5.82 Å². The van der Waals surface area contributed by atoms with Gasteiger partial charge in [-0.2, -0.15) is 5.10 Å². The molecule has 2 aromatic carbocycles. The van der Waals surface area contributed by atoms with Gasteiger partial charge in [-0.25, -0.2) is 14.8 Å². The first-order valence-corrected chi connectivity index (χ1v) is 11.5. The van der Waals surface area contributed by atoms with Crippen LogP contribution >= 0.6 is 0 Å². The lowest BCUT2D eigenvalue weighted by molar-refractivity contribution is 0.569. The molecule has 34 heavy (non-hydrogen) atoms. The lowest BCUT2D eigenvalue weighted by Gasteiger charge is -2.08. The minimum absolute atomic E-state index is 0.635. The van der Waals surface area contributed by atoms with E-state index in [1.54, 1.807) is 0 Å². The first-order chi connectivity index (χ1) is 16.8. The lowest BCUT2D eigenvalue weighted by Crippen LogP contribution is -2.06. The number of tetrazole rings is 1. The smallest absolute Gasteiger partial charge is 0.180 e. The second kappa shape index (κ2) is 10.2. The fraction of sp³-hybridized carbons (Fsp3) is 0.231. The van der Waals surface area contributed by atoms with Gasteiger partial charge in [0.05, 0.1) is 0 Å². The van der Waals surface area contributed by atoms with Crippen molar-refractivity contribution in [1.82, 2.24) is 40.4 Å². The van der Waals surface area contributed by atoms with Crippen molar-refractivity contribution in [2.24, 2.45) is 0 Å². The Morgan fingerprint density at radius 3 is 2.44 bits per heavy atom. The molecule has 0 aliphatic carbocycles. The van der Waals surface area contributed by atoms with Crippen LogP contribution in [0.15, 0.2) is 72.9 Å². The van der Waals surface area contributed by atoms with Gasteiger partial charge in [-0.1, -0.05) is 67.6 Å². The van der Waals surface area contributed by atoms with Gasteiger partial charge in [0, 0.05) is 42.4 Å². The Labute approximate surface area is 198 Å². The molecule has 0 saturated heterocycles. The van der Waals surface area contributed by atoms with E-state index in [2.05, 4.69) is 63.9 Å². The van der Waals surface area contributed by atoms with Crippen molar-refractivity contribution in [1.29, 1.82) is 0 Å². The molecule has 0 bridgehead atoms. The number of H-pyrrole nitrogens is 1. The maximum Gasteiger partial charge on any atom is 0.180 e. The molecule has 5 rings (SSSR count). The molecule has 0 saturated carbocycles. The van der Waals surface area contributed by atoms with Crippen molar-refractivity contribution >= 4 is 0 Å². The predicted molar refractivity (Wildman–Crippen MR) is 130 cm³/mol. The Balaban J connectivity index is 1.34. The molecule has 8 nitrogen and oxygen atoms in total. The number of hydrogen-bond acceptors (Lipinski definition) is 6. The van der Waals surface area contributed by atoms with Crippen LogP contribution in [0.4, 0.5) is 0 Å². The summed E-state index contributed by atoms with van der Waals surface area (Å²) in [5.41, 5.74) is 5.23. The van der Waals surface area contributed by atoms with E-state index >= 15 is 0 Å². The number of pyridine rings is 1. The SMILES string of the molecule is CCCn1nc(CCc2ccccc2)nc1Cc1ccc(-c2ccccc2-c2nnn[nH]2)cn1. The van der Waals surface area contributed by atoms with Gasteiger partial charge in [0.25, 0.3) is 0 Å². The van der Waals surface area contributed by atoms with Crippen LogP contribution in [0.25, 0.3) is 22.5 Å². The maximum atomic E-state index is 4.85. The number of aromatic amines is 1. The van der Waals surface area contributed by atoms with E-state index in [1.807, 2.05) is 41.2 Å². The second-order valence-electron chi connectivity index (χ2n) is 8.16. The summed E-state index contributed by atoms with van der Waals surface area (Å²) < 4.78 is 2.03. The highest BCUT2D eigenvalue weighted by Crippen LogP contribution is 2.29. The van der Waals surface area contributed by atoms with Crippen LogP contribution in [0.3, 0.4) is 0 Å². The summed E-state index contributed by atoms with van der Waals surface area (Å²) in [6, 6.07) is 22.6. The molecule has 1 N–H and O–H groups in total. The van der Waals surface area contributed by atoms with Gasteiger partial charge in [-0.15, -0.1) is 5.10 Å². The van der Waals surface area contributed by atoms with Crippen LogP contribution in [0.1, 0.15) is 36.3 Å². The topological polar surface area (TPSA) is 98.1 Å². The van der Waals surface area contributed by atoms with Crippen molar-refractivity contribution < 1.29 is 0 Å². The Hall–Kier alpha value is -4.20. The molecule has 0 fully saturated rings. The number of hydrogen-bond donors (Lipinski definition) is 1. The quantitative estimate of drug-likeness (QED) is 0.359. The van der Waals surface area contributed by atoms with Crippen LogP contribution in [-0.2, 0) is 25.8 Å². The monoisotopic (exact) mass is 450 g/mol. The molecular weight excluding hydrogens is 424 g/mol. The van der Waals surface area contributed by atoms with E-state index < -0.39 is 0 Å². The molecule has 0 radical (unpaired) electrons. The van der Waals surface area contributed by atoms with Crippen LogP contribution in [0.5, 0.6) is 0 Å². The molecule has 0 atom stereocenters. The standard InChI is InChI=1S/C26H26N8/c1-2-16-34-25(28-24(31-34)15-12-19-8-4-3-5-9-19)17-21-14-13-20(18-27-21)22-10-6-7-11-23(22)26-29-32-33-30-26/h3-11,13-14,18H,2,12,15-17H2,1H3,(H,29,30,32,33). The van der Waals surface area contributed by atoms with Gasteiger partial charge in [0.2, 0.25) is 0 Å². The van der Waals surface area contributed by atoms with Crippen molar-refractivity contribution in [2.75, 3.05) is 0 Å². The van der Waals surface area contributed by atoms with Gasteiger partial charge in [0.15, 0.2) is 11.6 Å². The third-order valence-electron chi connectivity index (χ3n) is 5.71. The van der Waals surface area contributed by atoms with E-state index in [0.29, 0.717) is 12.2 Å². The highest BCUT2D eigenvalue weighted by atomic mass is 15.5. The number of nitrogens with one attached hydrogen (secondary N) is 1.